The number of benzene rings is 1. The second kappa shape index (κ2) is 6.54. The van der Waals surface area contributed by atoms with E-state index < -0.39 is 0 Å². The molecule has 1 amide bonds. The molecule has 138 valence electrons. The summed E-state index contributed by atoms with van der Waals surface area (Å²) in [7, 11) is 0. The molecule has 1 aromatic carbocycles. The van der Waals surface area contributed by atoms with Crippen LogP contribution >= 0.6 is 0 Å². The molecule has 26 heavy (non-hydrogen) atoms. The first kappa shape index (κ1) is 17.3. The summed E-state index contributed by atoms with van der Waals surface area (Å²) >= 11 is 0. The number of hydrogen-bond acceptors (Lipinski definition) is 4. The van der Waals surface area contributed by atoms with Gasteiger partial charge in [0, 0.05) is 25.0 Å². The van der Waals surface area contributed by atoms with Gasteiger partial charge in [0.25, 0.3) is 5.91 Å². The molecule has 0 radical (unpaired) electrons. The third-order valence-electron chi connectivity index (χ3n) is 6.07. The van der Waals surface area contributed by atoms with Gasteiger partial charge in [-0.1, -0.05) is 36.3 Å². The molecule has 5 heteroatoms. The van der Waals surface area contributed by atoms with Crippen molar-refractivity contribution >= 4 is 5.91 Å². The first-order valence-electron chi connectivity index (χ1n) is 9.52. The number of aromatic nitrogens is 1. The Labute approximate surface area is 155 Å². The highest BCUT2D eigenvalue weighted by atomic mass is 16.5. The third kappa shape index (κ3) is 2.94. The van der Waals surface area contributed by atoms with Crippen molar-refractivity contribution in [3.63, 3.8) is 0 Å². The number of likely N-dealkylation sites (tertiary alicyclic amines) is 1. The lowest BCUT2D eigenvalue weighted by Gasteiger charge is -2.33. The van der Waals surface area contributed by atoms with Gasteiger partial charge in [-0.25, -0.2) is 0 Å². The number of amides is 1. The molecule has 0 aliphatic carbocycles. The van der Waals surface area contributed by atoms with Crippen molar-refractivity contribution in [3.05, 3.63) is 52.4 Å². The molecule has 1 aromatic heterocycles. The minimum Gasteiger partial charge on any atom is -0.361 e. The number of fused-ring (bicyclic) bond motifs is 1. The highest BCUT2D eigenvalue weighted by Crippen LogP contribution is 2.39. The maximum atomic E-state index is 13.4. The zero-order chi connectivity index (χ0) is 18.3. The zero-order valence-electron chi connectivity index (χ0n) is 15.9. The van der Waals surface area contributed by atoms with Gasteiger partial charge >= 0.3 is 0 Å². The Bertz CT molecular complexity index is 809. The van der Waals surface area contributed by atoms with Crippen molar-refractivity contribution < 1.29 is 9.32 Å². The Morgan fingerprint density at radius 3 is 2.65 bits per heavy atom. The van der Waals surface area contributed by atoms with Gasteiger partial charge in [0.2, 0.25) is 0 Å². The van der Waals surface area contributed by atoms with E-state index in [1.54, 1.807) is 0 Å². The van der Waals surface area contributed by atoms with Gasteiger partial charge in [0.1, 0.15) is 11.3 Å². The first-order chi connectivity index (χ1) is 12.5. The monoisotopic (exact) mass is 353 g/mol. The van der Waals surface area contributed by atoms with E-state index in [9.17, 15) is 4.79 Å². The number of rotatable bonds is 2. The van der Waals surface area contributed by atoms with E-state index >= 15 is 0 Å². The summed E-state index contributed by atoms with van der Waals surface area (Å²) in [5, 5.41) is 3.98. The SMILES string of the molecule is CCN1CCC2(Cc3ccccc3CN(C(=O)c3c(C)noc3C)C2)C1. The van der Waals surface area contributed by atoms with E-state index in [0.29, 0.717) is 23.6 Å². The molecular formula is C21H27N3O2. The first-order valence-corrected chi connectivity index (χ1v) is 9.52. The quantitative estimate of drug-likeness (QED) is 0.832. The molecule has 2 aromatic rings. The Kier molecular flexibility index (Phi) is 4.35. The van der Waals surface area contributed by atoms with E-state index in [0.717, 1.165) is 39.0 Å². The number of aryl methyl sites for hydroxylation is 2. The summed E-state index contributed by atoms with van der Waals surface area (Å²) < 4.78 is 5.25. The average molecular weight is 353 g/mol. The van der Waals surface area contributed by atoms with Crippen LogP contribution in [0.2, 0.25) is 0 Å². The number of carbonyl (C=O) groups is 1. The van der Waals surface area contributed by atoms with Crippen LogP contribution in [0, 0.1) is 19.3 Å². The van der Waals surface area contributed by atoms with Crippen LogP contribution in [0.5, 0.6) is 0 Å². The standard InChI is InChI=1S/C21H27N3O2/c1-4-23-10-9-21(13-23)11-17-7-5-6-8-18(17)12-24(14-21)20(25)19-15(2)22-26-16(19)3/h5-8H,4,9-14H2,1-3H3. The topological polar surface area (TPSA) is 49.6 Å². The van der Waals surface area contributed by atoms with Crippen molar-refractivity contribution in [2.75, 3.05) is 26.2 Å². The lowest BCUT2D eigenvalue weighted by atomic mass is 9.80. The molecule has 1 saturated heterocycles. The van der Waals surface area contributed by atoms with Crippen LogP contribution in [0.15, 0.2) is 28.8 Å². The fourth-order valence-electron chi connectivity index (χ4n) is 4.67. The third-order valence-corrected chi connectivity index (χ3v) is 6.07. The predicted octanol–water partition coefficient (Wildman–Crippen LogP) is 3.20. The molecule has 0 saturated carbocycles. The fourth-order valence-corrected chi connectivity index (χ4v) is 4.67. The number of carbonyl (C=O) groups excluding carboxylic acids is 1. The molecule has 1 unspecified atom stereocenters. The van der Waals surface area contributed by atoms with E-state index in [4.69, 9.17) is 4.52 Å². The van der Waals surface area contributed by atoms with E-state index in [1.165, 1.54) is 11.1 Å². The molecular weight excluding hydrogens is 326 g/mol. The summed E-state index contributed by atoms with van der Waals surface area (Å²) in [6, 6.07) is 8.58. The maximum Gasteiger partial charge on any atom is 0.259 e. The number of hydrogen-bond donors (Lipinski definition) is 0. The van der Waals surface area contributed by atoms with Gasteiger partial charge in [-0.15, -0.1) is 0 Å². The van der Waals surface area contributed by atoms with Gasteiger partial charge in [-0.3, -0.25) is 4.79 Å². The summed E-state index contributed by atoms with van der Waals surface area (Å²) in [5.41, 5.74) is 4.10. The largest absolute Gasteiger partial charge is 0.361 e. The Morgan fingerprint density at radius 2 is 2.00 bits per heavy atom. The van der Waals surface area contributed by atoms with Crippen LogP contribution in [-0.2, 0) is 13.0 Å². The highest BCUT2D eigenvalue weighted by Gasteiger charge is 2.42. The molecule has 2 aliphatic heterocycles. The molecule has 5 nitrogen and oxygen atoms in total. The Morgan fingerprint density at radius 1 is 1.23 bits per heavy atom. The molecule has 4 rings (SSSR count). The Hall–Kier alpha value is -2.14. The smallest absolute Gasteiger partial charge is 0.259 e. The van der Waals surface area contributed by atoms with Crippen molar-refractivity contribution in [3.8, 4) is 0 Å². The summed E-state index contributed by atoms with van der Waals surface area (Å²) in [6.07, 6.45) is 2.19. The van der Waals surface area contributed by atoms with Crippen LogP contribution in [0.1, 0.15) is 46.3 Å². The van der Waals surface area contributed by atoms with E-state index in [-0.39, 0.29) is 11.3 Å². The maximum absolute atomic E-state index is 13.4. The van der Waals surface area contributed by atoms with E-state index in [2.05, 4.69) is 41.2 Å². The molecule has 2 aliphatic rings. The lowest BCUT2D eigenvalue weighted by Crippen LogP contribution is -2.42. The Balaban J connectivity index is 1.72. The minimum absolute atomic E-state index is 0.0484. The van der Waals surface area contributed by atoms with Crippen molar-refractivity contribution in [1.82, 2.24) is 15.0 Å². The molecule has 1 fully saturated rings. The minimum atomic E-state index is 0.0484. The lowest BCUT2D eigenvalue weighted by molar-refractivity contribution is 0.0655. The van der Waals surface area contributed by atoms with Crippen LogP contribution in [0.3, 0.4) is 0 Å². The second-order valence-electron chi connectivity index (χ2n) is 7.92. The highest BCUT2D eigenvalue weighted by molar-refractivity contribution is 5.96. The van der Waals surface area contributed by atoms with Crippen molar-refractivity contribution in [2.45, 2.75) is 40.2 Å². The average Bonchev–Trinajstić information content (AvgIpc) is 3.13. The van der Waals surface area contributed by atoms with Gasteiger partial charge < -0.3 is 14.3 Å². The normalized spacial score (nSPS) is 23.3. The molecule has 0 bridgehead atoms. The summed E-state index contributed by atoms with van der Waals surface area (Å²) in [4.78, 5) is 17.9. The van der Waals surface area contributed by atoms with Gasteiger partial charge in [-0.2, -0.15) is 0 Å². The van der Waals surface area contributed by atoms with Gasteiger partial charge in [-0.05, 0) is 50.9 Å². The van der Waals surface area contributed by atoms with Crippen LogP contribution in [0.25, 0.3) is 0 Å². The summed E-state index contributed by atoms with van der Waals surface area (Å²) in [6.45, 7) is 10.6. The van der Waals surface area contributed by atoms with Crippen LogP contribution in [-0.4, -0.2) is 47.0 Å². The zero-order valence-corrected chi connectivity index (χ0v) is 15.9. The molecule has 1 atom stereocenters. The molecule has 0 N–H and O–H groups in total. The van der Waals surface area contributed by atoms with E-state index in [1.807, 2.05) is 18.7 Å². The van der Waals surface area contributed by atoms with Crippen LogP contribution < -0.4 is 0 Å². The molecule has 3 heterocycles. The van der Waals surface area contributed by atoms with Crippen molar-refractivity contribution in [2.24, 2.45) is 5.41 Å². The fraction of sp³-hybridized carbons (Fsp3) is 0.524. The van der Waals surface area contributed by atoms with Gasteiger partial charge in [0.05, 0.1) is 5.69 Å². The van der Waals surface area contributed by atoms with Crippen molar-refractivity contribution in [1.29, 1.82) is 0 Å². The summed E-state index contributed by atoms with van der Waals surface area (Å²) in [5.74, 6) is 0.660. The van der Waals surface area contributed by atoms with Crippen LogP contribution in [0.4, 0.5) is 0 Å². The predicted molar refractivity (Wildman–Crippen MR) is 100 cm³/mol. The second-order valence-corrected chi connectivity index (χ2v) is 7.92. The number of nitrogens with zero attached hydrogens (tertiary/aromatic N) is 3. The molecule has 1 spiro atoms. The van der Waals surface area contributed by atoms with Gasteiger partial charge in [0.15, 0.2) is 0 Å².